The molecule has 0 bridgehead atoms. The third-order valence-corrected chi connectivity index (χ3v) is 5.59. The summed E-state index contributed by atoms with van der Waals surface area (Å²) < 4.78 is 0. The Labute approximate surface area is 177 Å². The highest BCUT2D eigenvalue weighted by Gasteiger charge is 2.25. The van der Waals surface area contributed by atoms with Gasteiger partial charge in [0.2, 0.25) is 0 Å². The summed E-state index contributed by atoms with van der Waals surface area (Å²) in [4.78, 5) is 26.9. The number of likely N-dealkylation sites (tertiary alicyclic amines) is 1. The summed E-state index contributed by atoms with van der Waals surface area (Å²) in [6.07, 6.45) is 5.66. The highest BCUT2D eigenvalue weighted by Crippen LogP contribution is 2.32. The van der Waals surface area contributed by atoms with E-state index in [1.165, 1.54) is 37.9 Å². The van der Waals surface area contributed by atoms with Crippen molar-refractivity contribution >= 4 is 28.8 Å². The van der Waals surface area contributed by atoms with Gasteiger partial charge in [0, 0.05) is 41.8 Å². The van der Waals surface area contributed by atoms with Crippen molar-refractivity contribution < 1.29 is 9.59 Å². The van der Waals surface area contributed by atoms with Gasteiger partial charge in [-0.25, -0.2) is 0 Å². The summed E-state index contributed by atoms with van der Waals surface area (Å²) in [6, 6.07) is 13.6. The third-order valence-electron chi connectivity index (χ3n) is 5.59. The number of nitrogens with zero attached hydrogens (tertiary/aromatic N) is 1. The van der Waals surface area contributed by atoms with E-state index < -0.39 is 0 Å². The van der Waals surface area contributed by atoms with Gasteiger partial charge in [-0.15, -0.1) is 0 Å². The number of rotatable bonds is 6. The Balaban J connectivity index is 1.43. The van der Waals surface area contributed by atoms with E-state index in [2.05, 4.69) is 33.0 Å². The number of piperidine rings is 1. The summed E-state index contributed by atoms with van der Waals surface area (Å²) >= 11 is 0. The van der Waals surface area contributed by atoms with Gasteiger partial charge in [0.1, 0.15) is 0 Å². The molecule has 6 heteroatoms. The molecule has 0 atom stereocenters. The summed E-state index contributed by atoms with van der Waals surface area (Å²) in [7, 11) is 0. The number of carbonyl (C=O) groups excluding carboxylic acids is 2. The predicted octanol–water partition coefficient (Wildman–Crippen LogP) is 3.83. The fraction of sp³-hybridized carbons (Fsp3) is 0.333. The van der Waals surface area contributed by atoms with Crippen molar-refractivity contribution in [3.05, 3.63) is 65.4 Å². The van der Waals surface area contributed by atoms with Crippen molar-refractivity contribution in [1.29, 1.82) is 0 Å². The lowest BCUT2D eigenvalue weighted by Gasteiger charge is -2.26. The minimum absolute atomic E-state index is 0.144. The summed E-state index contributed by atoms with van der Waals surface area (Å²) in [5, 5.41) is 8.84. The van der Waals surface area contributed by atoms with Crippen LogP contribution in [0.3, 0.4) is 0 Å². The van der Waals surface area contributed by atoms with Crippen LogP contribution in [-0.2, 0) is 11.3 Å². The zero-order valence-corrected chi connectivity index (χ0v) is 17.3. The number of anilines is 2. The molecule has 2 amide bonds. The molecule has 0 unspecified atom stereocenters. The number of amides is 2. The second-order valence-corrected chi connectivity index (χ2v) is 7.81. The van der Waals surface area contributed by atoms with Crippen molar-refractivity contribution in [2.24, 2.45) is 0 Å². The topological polar surface area (TPSA) is 73.5 Å². The maximum atomic E-state index is 12.4. The highest BCUT2D eigenvalue weighted by atomic mass is 16.2. The standard InChI is InChI=1S/C24H28N4O2/c1-2-25-23(29)18-8-11-20-21(24(30)27-22(20)14-18)15-26-19-9-6-17(7-10-19)16-28-12-4-3-5-13-28/h6-11,14-15,26H,2-5,12-13,16H2,1H3,(H,25,29)(H,27,30)/b21-15-. The van der Waals surface area contributed by atoms with Crippen molar-refractivity contribution in [3.63, 3.8) is 0 Å². The van der Waals surface area contributed by atoms with Crippen molar-refractivity contribution in [2.45, 2.75) is 32.7 Å². The number of hydrogen-bond donors (Lipinski definition) is 3. The molecular formula is C24H28N4O2. The maximum Gasteiger partial charge on any atom is 0.257 e. The zero-order valence-electron chi connectivity index (χ0n) is 17.3. The average molecular weight is 405 g/mol. The van der Waals surface area contributed by atoms with Gasteiger partial charge in [0.05, 0.1) is 5.57 Å². The molecule has 0 aliphatic carbocycles. The number of benzene rings is 2. The molecule has 2 heterocycles. The Bertz CT molecular complexity index is 960. The van der Waals surface area contributed by atoms with Gasteiger partial charge in [0.25, 0.3) is 11.8 Å². The normalized spacial score (nSPS) is 17.5. The van der Waals surface area contributed by atoms with Gasteiger partial charge in [-0.2, -0.15) is 0 Å². The van der Waals surface area contributed by atoms with Crippen LogP contribution in [0.15, 0.2) is 48.7 Å². The van der Waals surface area contributed by atoms with E-state index in [1.54, 1.807) is 18.3 Å². The first-order valence-corrected chi connectivity index (χ1v) is 10.7. The highest BCUT2D eigenvalue weighted by molar-refractivity contribution is 6.32. The molecule has 0 radical (unpaired) electrons. The summed E-state index contributed by atoms with van der Waals surface area (Å²) in [5.74, 6) is -0.318. The molecule has 2 aliphatic rings. The van der Waals surface area contributed by atoms with E-state index in [0.717, 1.165) is 17.8 Å². The Kier molecular flexibility index (Phi) is 6.14. The van der Waals surface area contributed by atoms with Crippen LogP contribution in [0.5, 0.6) is 0 Å². The first-order valence-electron chi connectivity index (χ1n) is 10.7. The quantitative estimate of drug-likeness (QED) is 0.640. The molecule has 156 valence electrons. The molecule has 1 saturated heterocycles. The second kappa shape index (κ2) is 9.13. The van der Waals surface area contributed by atoms with Crippen LogP contribution in [0.25, 0.3) is 5.57 Å². The molecule has 4 rings (SSSR count). The van der Waals surface area contributed by atoms with E-state index in [9.17, 15) is 9.59 Å². The number of fused-ring (bicyclic) bond motifs is 1. The van der Waals surface area contributed by atoms with Gasteiger partial charge in [-0.1, -0.05) is 24.6 Å². The van der Waals surface area contributed by atoms with E-state index >= 15 is 0 Å². The van der Waals surface area contributed by atoms with Crippen molar-refractivity contribution in [3.8, 4) is 0 Å². The molecule has 3 N–H and O–H groups in total. The van der Waals surface area contributed by atoms with E-state index in [4.69, 9.17) is 0 Å². The second-order valence-electron chi connectivity index (χ2n) is 7.81. The van der Waals surface area contributed by atoms with E-state index in [-0.39, 0.29) is 11.8 Å². The largest absolute Gasteiger partial charge is 0.361 e. The fourth-order valence-corrected chi connectivity index (χ4v) is 3.98. The molecule has 2 aromatic carbocycles. The van der Waals surface area contributed by atoms with Crippen LogP contribution in [0, 0.1) is 0 Å². The summed E-state index contributed by atoms with van der Waals surface area (Å²) in [5.41, 5.74) is 4.79. The Morgan fingerprint density at radius 2 is 1.87 bits per heavy atom. The van der Waals surface area contributed by atoms with Crippen LogP contribution in [-0.4, -0.2) is 36.3 Å². The molecule has 1 fully saturated rings. The third kappa shape index (κ3) is 4.54. The Morgan fingerprint density at radius 1 is 1.10 bits per heavy atom. The van der Waals surface area contributed by atoms with Gasteiger partial charge in [-0.3, -0.25) is 14.5 Å². The summed E-state index contributed by atoms with van der Waals surface area (Å²) in [6.45, 7) is 5.80. The lowest BCUT2D eigenvalue weighted by molar-refractivity contribution is -0.110. The van der Waals surface area contributed by atoms with E-state index in [1.807, 2.05) is 25.1 Å². The van der Waals surface area contributed by atoms with Crippen LogP contribution in [0.1, 0.15) is 47.7 Å². The smallest absolute Gasteiger partial charge is 0.257 e. The van der Waals surface area contributed by atoms with Crippen molar-refractivity contribution in [2.75, 3.05) is 30.3 Å². The Hall–Kier alpha value is -3.12. The molecule has 0 aromatic heterocycles. The molecule has 30 heavy (non-hydrogen) atoms. The predicted molar refractivity (Wildman–Crippen MR) is 120 cm³/mol. The molecule has 0 spiro atoms. The molecule has 0 saturated carbocycles. The van der Waals surface area contributed by atoms with E-state index in [0.29, 0.717) is 23.4 Å². The van der Waals surface area contributed by atoms with Crippen LogP contribution < -0.4 is 16.0 Å². The first-order chi connectivity index (χ1) is 14.6. The monoisotopic (exact) mass is 404 g/mol. The molecule has 6 nitrogen and oxygen atoms in total. The number of carbonyl (C=O) groups is 2. The zero-order chi connectivity index (χ0) is 20.9. The van der Waals surface area contributed by atoms with Crippen molar-refractivity contribution in [1.82, 2.24) is 10.2 Å². The van der Waals surface area contributed by atoms with Crippen LogP contribution >= 0.6 is 0 Å². The lowest BCUT2D eigenvalue weighted by Crippen LogP contribution is -2.29. The number of nitrogens with one attached hydrogen (secondary N) is 3. The van der Waals surface area contributed by atoms with Gasteiger partial charge >= 0.3 is 0 Å². The molecule has 2 aromatic rings. The first kappa shape index (κ1) is 20.2. The van der Waals surface area contributed by atoms with Gasteiger partial charge < -0.3 is 16.0 Å². The molecular weight excluding hydrogens is 376 g/mol. The molecule has 2 aliphatic heterocycles. The lowest BCUT2D eigenvalue weighted by atomic mass is 10.1. The van der Waals surface area contributed by atoms with Crippen LogP contribution in [0.4, 0.5) is 11.4 Å². The van der Waals surface area contributed by atoms with Crippen LogP contribution in [0.2, 0.25) is 0 Å². The SMILES string of the molecule is CCNC(=O)c1ccc2c(c1)NC(=O)/C2=C\Nc1ccc(CN2CCCCC2)cc1. The Morgan fingerprint density at radius 3 is 2.60 bits per heavy atom. The maximum absolute atomic E-state index is 12.4. The van der Waals surface area contributed by atoms with Gasteiger partial charge in [-0.05, 0) is 62.7 Å². The number of hydrogen-bond acceptors (Lipinski definition) is 4. The fourth-order valence-electron chi connectivity index (χ4n) is 3.98. The van der Waals surface area contributed by atoms with Gasteiger partial charge in [0.15, 0.2) is 0 Å². The minimum Gasteiger partial charge on any atom is -0.361 e. The average Bonchev–Trinajstić information content (AvgIpc) is 3.08. The minimum atomic E-state index is -0.174.